The van der Waals surface area contributed by atoms with E-state index in [0.29, 0.717) is 29.1 Å². The number of hydrogen-bond acceptors (Lipinski definition) is 7. The normalized spacial score (nSPS) is 12.0. The number of furan rings is 1. The molecule has 3 rings (SSSR count). The van der Waals surface area contributed by atoms with Crippen LogP contribution in [-0.2, 0) is 18.2 Å². The van der Waals surface area contributed by atoms with Gasteiger partial charge >= 0.3 is 0 Å². The van der Waals surface area contributed by atoms with Crippen molar-refractivity contribution < 1.29 is 8.94 Å². The fraction of sp³-hybridized carbons (Fsp3) is 0.429. The van der Waals surface area contributed by atoms with Crippen LogP contribution in [-0.4, -0.2) is 24.9 Å². The molecule has 0 aliphatic carbocycles. The first-order valence-electron chi connectivity index (χ1n) is 6.84. The minimum absolute atomic E-state index is 0.146. The van der Waals surface area contributed by atoms with Crippen LogP contribution < -0.4 is 0 Å². The summed E-state index contributed by atoms with van der Waals surface area (Å²) in [5.41, 5.74) is -0.146. The van der Waals surface area contributed by atoms with Crippen molar-refractivity contribution in [2.75, 3.05) is 0 Å². The minimum atomic E-state index is -0.146. The summed E-state index contributed by atoms with van der Waals surface area (Å²) in [7, 11) is 1.90. The van der Waals surface area contributed by atoms with E-state index in [-0.39, 0.29) is 5.41 Å². The van der Waals surface area contributed by atoms with Gasteiger partial charge in [-0.3, -0.25) is 0 Å². The van der Waals surface area contributed by atoms with Crippen LogP contribution in [0.4, 0.5) is 0 Å². The smallest absolute Gasteiger partial charge is 0.232 e. The molecule has 0 aliphatic rings. The molecule has 0 saturated carbocycles. The first kappa shape index (κ1) is 14.8. The van der Waals surface area contributed by atoms with Crippen molar-refractivity contribution in [1.82, 2.24) is 24.9 Å². The molecule has 116 valence electrons. The molecule has 0 spiro atoms. The number of aromatic nitrogens is 5. The van der Waals surface area contributed by atoms with E-state index < -0.39 is 0 Å². The van der Waals surface area contributed by atoms with Crippen molar-refractivity contribution in [3.8, 4) is 11.6 Å². The van der Waals surface area contributed by atoms with E-state index in [1.165, 1.54) is 11.8 Å². The maximum Gasteiger partial charge on any atom is 0.232 e. The third-order valence-electron chi connectivity index (χ3n) is 3.02. The highest BCUT2D eigenvalue weighted by atomic mass is 32.2. The molecule has 0 amide bonds. The first-order valence-corrected chi connectivity index (χ1v) is 7.83. The molecule has 3 heterocycles. The van der Waals surface area contributed by atoms with Crippen molar-refractivity contribution in [3.05, 3.63) is 30.1 Å². The lowest BCUT2D eigenvalue weighted by Gasteiger charge is -2.10. The van der Waals surface area contributed by atoms with Gasteiger partial charge in [-0.25, -0.2) is 0 Å². The Hall–Kier alpha value is -2.09. The molecule has 7 nitrogen and oxygen atoms in total. The van der Waals surface area contributed by atoms with Gasteiger partial charge in [0.05, 0.1) is 12.0 Å². The van der Waals surface area contributed by atoms with Crippen molar-refractivity contribution in [3.63, 3.8) is 0 Å². The minimum Gasteiger partial charge on any atom is -0.461 e. The molecule has 3 aromatic heterocycles. The molecule has 0 aromatic carbocycles. The Kier molecular flexibility index (Phi) is 3.78. The van der Waals surface area contributed by atoms with Crippen molar-refractivity contribution >= 4 is 11.8 Å². The maximum atomic E-state index is 5.34. The molecule has 0 fully saturated rings. The Balaban J connectivity index is 1.71. The lowest BCUT2D eigenvalue weighted by atomic mass is 9.97. The molecule has 0 unspecified atom stereocenters. The third kappa shape index (κ3) is 2.92. The van der Waals surface area contributed by atoms with Crippen LogP contribution in [0, 0.1) is 0 Å². The van der Waals surface area contributed by atoms with Gasteiger partial charge in [-0.15, -0.1) is 10.2 Å². The molecule has 8 heteroatoms. The van der Waals surface area contributed by atoms with Crippen LogP contribution in [0.15, 0.2) is 32.5 Å². The van der Waals surface area contributed by atoms with Gasteiger partial charge in [-0.2, -0.15) is 4.98 Å². The third-order valence-corrected chi connectivity index (χ3v) is 4.03. The molecule has 0 radical (unpaired) electrons. The Bertz CT molecular complexity index is 755. The molecule has 0 aliphatic heterocycles. The van der Waals surface area contributed by atoms with Gasteiger partial charge in [0.25, 0.3) is 0 Å². The standard InChI is InChI=1S/C14H17N5O2S/c1-14(2,3)12-15-10(18-21-12)8-22-13-17-16-11(19(13)4)9-6-5-7-20-9/h5-7H,8H2,1-4H3. The van der Waals surface area contributed by atoms with Gasteiger partial charge in [0.2, 0.25) is 5.89 Å². The predicted octanol–water partition coefficient (Wildman–Crippen LogP) is 3.05. The van der Waals surface area contributed by atoms with Crippen LogP contribution in [0.3, 0.4) is 0 Å². The summed E-state index contributed by atoms with van der Waals surface area (Å²) in [6.45, 7) is 6.11. The van der Waals surface area contributed by atoms with Crippen molar-refractivity contribution in [2.24, 2.45) is 7.05 Å². The zero-order chi connectivity index (χ0) is 15.7. The molecule has 0 atom stereocenters. The van der Waals surface area contributed by atoms with E-state index in [1.54, 1.807) is 6.26 Å². The van der Waals surface area contributed by atoms with E-state index in [1.807, 2.05) is 44.5 Å². The monoisotopic (exact) mass is 319 g/mol. The quantitative estimate of drug-likeness (QED) is 0.683. The summed E-state index contributed by atoms with van der Waals surface area (Å²) in [4.78, 5) is 4.41. The maximum absolute atomic E-state index is 5.34. The molecule has 0 saturated heterocycles. The van der Waals surface area contributed by atoms with Gasteiger partial charge in [0.1, 0.15) is 0 Å². The fourth-order valence-corrected chi connectivity index (χ4v) is 2.56. The van der Waals surface area contributed by atoms with E-state index in [9.17, 15) is 0 Å². The van der Waals surface area contributed by atoms with E-state index in [0.717, 1.165) is 5.16 Å². The molecular weight excluding hydrogens is 302 g/mol. The number of nitrogens with zero attached hydrogens (tertiary/aromatic N) is 5. The van der Waals surface area contributed by atoms with Gasteiger partial charge in [0, 0.05) is 12.5 Å². The van der Waals surface area contributed by atoms with Crippen LogP contribution >= 0.6 is 11.8 Å². The number of hydrogen-bond donors (Lipinski definition) is 0. The van der Waals surface area contributed by atoms with Crippen LogP contribution in [0.1, 0.15) is 32.5 Å². The molecule has 3 aromatic rings. The van der Waals surface area contributed by atoms with Crippen LogP contribution in [0.5, 0.6) is 0 Å². The van der Waals surface area contributed by atoms with E-state index in [4.69, 9.17) is 8.94 Å². The zero-order valence-electron chi connectivity index (χ0n) is 12.9. The fourth-order valence-electron chi connectivity index (χ4n) is 1.81. The number of thioether (sulfide) groups is 1. The summed E-state index contributed by atoms with van der Waals surface area (Å²) in [5, 5.41) is 13.1. The summed E-state index contributed by atoms with van der Waals surface area (Å²) in [5.74, 6) is 3.24. The topological polar surface area (TPSA) is 82.8 Å². The average Bonchev–Trinajstić information content (AvgIpc) is 3.16. The number of rotatable bonds is 4. The molecule has 22 heavy (non-hydrogen) atoms. The second kappa shape index (κ2) is 5.60. The van der Waals surface area contributed by atoms with Crippen LogP contribution in [0.25, 0.3) is 11.6 Å². The van der Waals surface area contributed by atoms with E-state index in [2.05, 4.69) is 20.3 Å². The van der Waals surface area contributed by atoms with E-state index >= 15 is 0 Å². The van der Waals surface area contributed by atoms with Gasteiger partial charge in [0.15, 0.2) is 22.6 Å². The van der Waals surface area contributed by atoms with Gasteiger partial charge in [-0.05, 0) is 12.1 Å². The Morgan fingerprint density at radius 2 is 2.09 bits per heavy atom. The van der Waals surface area contributed by atoms with Crippen molar-refractivity contribution in [1.29, 1.82) is 0 Å². The highest BCUT2D eigenvalue weighted by molar-refractivity contribution is 7.98. The van der Waals surface area contributed by atoms with Gasteiger partial charge < -0.3 is 13.5 Å². The largest absolute Gasteiger partial charge is 0.461 e. The highest BCUT2D eigenvalue weighted by Crippen LogP contribution is 2.26. The molecule has 0 N–H and O–H groups in total. The Morgan fingerprint density at radius 3 is 2.73 bits per heavy atom. The second-order valence-corrected chi connectivity index (χ2v) is 6.84. The lowest BCUT2D eigenvalue weighted by Crippen LogP contribution is -2.11. The summed E-state index contributed by atoms with van der Waals surface area (Å²) in [6.07, 6.45) is 1.62. The summed E-state index contributed by atoms with van der Waals surface area (Å²) in [6, 6.07) is 3.68. The Labute approximate surface area is 132 Å². The SMILES string of the molecule is Cn1c(SCc2noc(C(C)(C)C)n2)nnc1-c1ccco1. The summed E-state index contributed by atoms with van der Waals surface area (Å²) < 4.78 is 12.5. The second-order valence-electron chi connectivity index (χ2n) is 5.90. The average molecular weight is 319 g/mol. The van der Waals surface area contributed by atoms with Gasteiger partial charge in [-0.1, -0.05) is 37.7 Å². The molecular formula is C14H17N5O2S. The zero-order valence-corrected chi connectivity index (χ0v) is 13.7. The highest BCUT2D eigenvalue weighted by Gasteiger charge is 2.22. The van der Waals surface area contributed by atoms with Crippen molar-refractivity contribution in [2.45, 2.75) is 37.1 Å². The van der Waals surface area contributed by atoms with Crippen LogP contribution in [0.2, 0.25) is 0 Å². The predicted molar refractivity (Wildman–Crippen MR) is 81.3 cm³/mol. The summed E-state index contributed by atoms with van der Waals surface area (Å²) >= 11 is 1.50. The lowest BCUT2D eigenvalue weighted by molar-refractivity contribution is 0.319. The molecule has 0 bridgehead atoms. The Morgan fingerprint density at radius 1 is 1.27 bits per heavy atom. The first-order chi connectivity index (χ1) is 10.4.